The monoisotopic (exact) mass is 425 g/mol. The van der Waals surface area contributed by atoms with Crippen molar-refractivity contribution in [2.24, 2.45) is 11.1 Å². The summed E-state index contributed by atoms with van der Waals surface area (Å²) in [4.78, 5) is 39.1. The zero-order valence-corrected chi connectivity index (χ0v) is 17.6. The number of ether oxygens (including phenoxy) is 3. The molecule has 1 saturated heterocycles. The van der Waals surface area contributed by atoms with Crippen LogP contribution in [0.15, 0.2) is 42.1 Å². The fourth-order valence-electron chi connectivity index (χ4n) is 4.43. The van der Waals surface area contributed by atoms with Crippen LogP contribution >= 0.6 is 0 Å². The number of hydrogen-bond acceptors (Lipinski definition) is 8. The molecule has 2 aliphatic heterocycles. The lowest BCUT2D eigenvalue weighted by atomic mass is 9.68. The third-order valence-corrected chi connectivity index (χ3v) is 5.83. The highest BCUT2D eigenvalue weighted by Gasteiger charge is 2.66. The third-order valence-electron chi connectivity index (χ3n) is 5.83. The van der Waals surface area contributed by atoms with Gasteiger partial charge in [-0.2, -0.15) is 5.26 Å². The summed E-state index contributed by atoms with van der Waals surface area (Å²) in [7, 11) is 4.11. The second-order valence-electron chi connectivity index (χ2n) is 7.30. The van der Waals surface area contributed by atoms with Crippen LogP contribution in [0.2, 0.25) is 0 Å². The van der Waals surface area contributed by atoms with Gasteiger partial charge in [-0.05, 0) is 24.6 Å². The number of nitrogens with zero attached hydrogens (tertiary/aromatic N) is 2. The first kappa shape index (κ1) is 21.9. The van der Waals surface area contributed by atoms with E-state index < -0.39 is 35.3 Å². The van der Waals surface area contributed by atoms with Crippen LogP contribution in [0, 0.1) is 16.7 Å². The molecule has 1 aromatic rings. The molecule has 9 heteroatoms. The van der Waals surface area contributed by atoms with Crippen molar-refractivity contribution in [2.75, 3.05) is 21.3 Å². The fraction of sp³-hybridized carbons (Fsp3) is 0.364. The molecule has 0 aliphatic carbocycles. The first-order valence-electron chi connectivity index (χ1n) is 9.46. The van der Waals surface area contributed by atoms with Gasteiger partial charge in [0, 0.05) is 17.7 Å². The van der Waals surface area contributed by atoms with Crippen molar-refractivity contribution in [2.45, 2.75) is 24.9 Å². The summed E-state index contributed by atoms with van der Waals surface area (Å²) in [6.07, 6.45) is 4.57. The van der Waals surface area contributed by atoms with Crippen molar-refractivity contribution in [1.82, 2.24) is 4.90 Å². The van der Waals surface area contributed by atoms with Crippen molar-refractivity contribution in [1.29, 1.82) is 5.26 Å². The molecule has 0 saturated carbocycles. The summed E-state index contributed by atoms with van der Waals surface area (Å²) in [6.45, 7) is 1.38. The number of rotatable bonds is 6. The van der Waals surface area contributed by atoms with E-state index >= 15 is 0 Å². The first-order chi connectivity index (χ1) is 14.8. The minimum Gasteiger partial charge on any atom is -0.493 e. The van der Waals surface area contributed by atoms with Gasteiger partial charge < -0.3 is 24.8 Å². The molecule has 3 rings (SSSR count). The van der Waals surface area contributed by atoms with E-state index in [-0.39, 0.29) is 5.78 Å². The number of methoxy groups -OCH3 is 3. The van der Waals surface area contributed by atoms with E-state index in [1.54, 1.807) is 24.3 Å². The average Bonchev–Trinajstić information content (AvgIpc) is 3.08. The fourth-order valence-corrected chi connectivity index (χ4v) is 4.43. The Bertz CT molecular complexity index is 1040. The number of amides is 1. The van der Waals surface area contributed by atoms with Crippen LogP contribution in [-0.2, 0) is 19.1 Å². The number of fused-ring (bicyclic) bond motifs is 1. The van der Waals surface area contributed by atoms with Gasteiger partial charge in [0.25, 0.3) is 0 Å². The molecular formula is C22H23N3O6. The minimum atomic E-state index is -1.80. The number of primary amides is 1. The molecule has 2 heterocycles. The second-order valence-corrected chi connectivity index (χ2v) is 7.30. The molecular weight excluding hydrogens is 402 g/mol. The highest BCUT2D eigenvalue weighted by molar-refractivity contribution is 5.97. The summed E-state index contributed by atoms with van der Waals surface area (Å²) < 4.78 is 15.6. The number of benzene rings is 1. The average molecular weight is 425 g/mol. The van der Waals surface area contributed by atoms with Crippen LogP contribution in [0.5, 0.6) is 11.5 Å². The Morgan fingerprint density at radius 3 is 2.35 bits per heavy atom. The molecule has 9 nitrogen and oxygen atoms in total. The standard InChI is InChI=1S/C22H23N3O6/c1-12(26)14-6-8-17-22(11-23,21(28)31-4)18(19(20(24)27)25(17)10-14)13-5-7-15(29-2)16(9-13)30-3/h5-10,17-19H,1-4H3,(H2,24,27)/t17-,18-,19+,22-/m0/s1. The molecule has 162 valence electrons. The highest BCUT2D eigenvalue weighted by Crippen LogP contribution is 2.54. The molecule has 0 radical (unpaired) electrons. The number of allylic oxidation sites excluding steroid dienone is 2. The molecule has 0 unspecified atom stereocenters. The number of ketones is 1. The van der Waals surface area contributed by atoms with Crippen molar-refractivity contribution in [3.8, 4) is 17.6 Å². The van der Waals surface area contributed by atoms with Gasteiger partial charge in [-0.25, -0.2) is 0 Å². The third kappa shape index (κ3) is 3.20. The van der Waals surface area contributed by atoms with Gasteiger partial charge in [-0.1, -0.05) is 18.2 Å². The SMILES string of the molecule is COC(=O)[C@@]1(C#N)[C@@H]2C=CC(C(C)=O)=CN2[C@@H](C(N)=O)[C@@H]1c1ccc(OC)c(OC)c1. The number of carbonyl (C=O) groups excluding carboxylic acids is 3. The summed E-state index contributed by atoms with van der Waals surface area (Å²) in [5.41, 5.74) is 4.75. The summed E-state index contributed by atoms with van der Waals surface area (Å²) in [5.74, 6) is -1.98. The number of esters is 1. The van der Waals surface area contributed by atoms with E-state index in [4.69, 9.17) is 19.9 Å². The van der Waals surface area contributed by atoms with Crippen LogP contribution in [0.25, 0.3) is 0 Å². The van der Waals surface area contributed by atoms with E-state index in [0.717, 1.165) is 0 Å². The number of Topliss-reactive ketones (excluding diaryl/α,β-unsaturated/α-hetero) is 1. The van der Waals surface area contributed by atoms with E-state index in [2.05, 4.69) is 6.07 Å². The quantitative estimate of drug-likeness (QED) is 0.669. The van der Waals surface area contributed by atoms with Crippen LogP contribution in [0.4, 0.5) is 0 Å². The molecule has 0 bridgehead atoms. The van der Waals surface area contributed by atoms with Crippen molar-refractivity contribution in [3.05, 3.63) is 47.7 Å². The maximum absolute atomic E-state index is 13.1. The molecule has 0 aromatic heterocycles. The van der Waals surface area contributed by atoms with E-state index in [1.807, 2.05) is 0 Å². The lowest BCUT2D eigenvalue weighted by molar-refractivity contribution is -0.150. The Morgan fingerprint density at radius 2 is 1.84 bits per heavy atom. The summed E-state index contributed by atoms with van der Waals surface area (Å²) in [6, 6.07) is 5.01. The normalized spacial score (nSPS) is 26.4. The maximum atomic E-state index is 13.1. The van der Waals surface area contributed by atoms with Crippen LogP contribution in [0.3, 0.4) is 0 Å². The molecule has 0 spiro atoms. The van der Waals surface area contributed by atoms with Crippen LogP contribution < -0.4 is 15.2 Å². The minimum absolute atomic E-state index is 0.229. The molecule has 2 N–H and O–H groups in total. The van der Waals surface area contributed by atoms with Gasteiger partial charge in [0.05, 0.1) is 33.4 Å². The highest BCUT2D eigenvalue weighted by atomic mass is 16.5. The predicted octanol–water partition coefficient (Wildman–Crippen LogP) is 1.05. The molecule has 2 aliphatic rings. The maximum Gasteiger partial charge on any atom is 0.329 e. The van der Waals surface area contributed by atoms with Crippen LogP contribution in [0.1, 0.15) is 18.4 Å². The van der Waals surface area contributed by atoms with Gasteiger partial charge in [0.15, 0.2) is 22.7 Å². The van der Waals surface area contributed by atoms with E-state index in [0.29, 0.717) is 22.6 Å². The Morgan fingerprint density at radius 1 is 1.16 bits per heavy atom. The van der Waals surface area contributed by atoms with Gasteiger partial charge in [0.1, 0.15) is 6.04 Å². The largest absolute Gasteiger partial charge is 0.493 e. The number of nitrogens with two attached hydrogens (primary N) is 1. The molecule has 4 atom stereocenters. The number of hydrogen-bond donors (Lipinski definition) is 1. The number of nitriles is 1. The molecule has 31 heavy (non-hydrogen) atoms. The summed E-state index contributed by atoms with van der Waals surface area (Å²) >= 11 is 0. The molecule has 1 aromatic carbocycles. The zero-order chi connectivity index (χ0) is 22.9. The Kier molecular flexibility index (Phi) is 5.75. The van der Waals surface area contributed by atoms with E-state index in [9.17, 15) is 19.6 Å². The van der Waals surface area contributed by atoms with Crippen molar-refractivity contribution < 1.29 is 28.6 Å². The van der Waals surface area contributed by atoms with E-state index in [1.165, 1.54) is 45.4 Å². The van der Waals surface area contributed by atoms with Gasteiger partial charge in [-0.3, -0.25) is 14.4 Å². The van der Waals surface area contributed by atoms with Crippen LogP contribution in [-0.4, -0.2) is 56.0 Å². The smallest absolute Gasteiger partial charge is 0.329 e. The molecule has 1 amide bonds. The Balaban J connectivity index is 2.31. The van der Waals surface area contributed by atoms with Gasteiger partial charge in [-0.15, -0.1) is 0 Å². The second kappa shape index (κ2) is 8.14. The Hall–Kier alpha value is -3.80. The zero-order valence-electron chi connectivity index (χ0n) is 17.6. The Labute approximate surface area is 179 Å². The topological polar surface area (TPSA) is 132 Å². The number of carbonyl (C=O) groups is 3. The predicted molar refractivity (Wildman–Crippen MR) is 109 cm³/mol. The van der Waals surface area contributed by atoms with Crippen molar-refractivity contribution >= 4 is 17.7 Å². The van der Waals surface area contributed by atoms with Gasteiger partial charge >= 0.3 is 5.97 Å². The van der Waals surface area contributed by atoms with Gasteiger partial charge in [0.2, 0.25) is 5.91 Å². The molecule has 1 fully saturated rings. The lowest BCUT2D eigenvalue weighted by Gasteiger charge is -2.32. The van der Waals surface area contributed by atoms with Crippen molar-refractivity contribution in [3.63, 3.8) is 0 Å². The summed E-state index contributed by atoms with van der Waals surface area (Å²) in [5, 5.41) is 10.3. The lowest BCUT2D eigenvalue weighted by Crippen LogP contribution is -2.45. The first-order valence-corrected chi connectivity index (χ1v) is 9.46.